The van der Waals surface area contributed by atoms with Crippen LogP contribution in [0.15, 0.2) is 24.3 Å². The lowest BCUT2D eigenvalue weighted by molar-refractivity contribution is 0.611. The number of allylic oxidation sites excluding steroid dienone is 4. The summed E-state index contributed by atoms with van der Waals surface area (Å²) in [6, 6.07) is 0. The van der Waals surface area contributed by atoms with Gasteiger partial charge in [-0.15, -0.1) is 0 Å². The van der Waals surface area contributed by atoms with Crippen molar-refractivity contribution in [1.82, 2.24) is 0 Å². The lowest BCUT2D eigenvalue weighted by Crippen LogP contribution is -1.77. The third kappa shape index (κ3) is 13.5. The Morgan fingerprint density at radius 2 is 1.53 bits per heavy atom. The first-order valence-corrected chi connectivity index (χ1v) is 6.60. The molecule has 15 heavy (non-hydrogen) atoms. The van der Waals surface area contributed by atoms with E-state index in [0.717, 1.165) is 0 Å². The summed E-state index contributed by atoms with van der Waals surface area (Å²) in [5.74, 6) is 0.670. The molecular formula is C15H28. The monoisotopic (exact) mass is 208 g/mol. The second-order valence-corrected chi connectivity index (χ2v) is 4.61. The summed E-state index contributed by atoms with van der Waals surface area (Å²) in [6.07, 6.45) is 18.5. The number of unbranched alkanes of at least 4 members (excludes halogenated alkanes) is 6. The van der Waals surface area contributed by atoms with Crippen LogP contribution >= 0.6 is 0 Å². The molecule has 0 radical (unpaired) electrons. The second kappa shape index (κ2) is 11.6. The van der Waals surface area contributed by atoms with Gasteiger partial charge in [0.1, 0.15) is 0 Å². The van der Waals surface area contributed by atoms with Gasteiger partial charge < -0.3 is 0 Å². The zero-order chi connectivity index (χ0) is 11.4. The third-order valence-corrected chi connectivity index (χ3v) is 2.47. The van der Waals surface area contributed by atoms with Gasteiger partial charge in [0.25, 0.3) is 0 Å². The summed E-state index contributed by atoms with van der Waals surface area (Å²) in [6.45, 7) is 6.68. The van der Waals surface area contributed by atoms with E-state index in [0.29, 0.717) is 5.92 Å². The fraction of sp³-hybridized carbons (Fsp3) is 0.733. The van der Waals surface area contributed by atoms with Gasteiger partial charge in [0, 0.05) is 0 Å². The van der Waals surface area contributed by atoms with Crippen LogP contribution in [0.3, 0.4) is 0 Å². The number of hydrogen-bond donors (Lipinski definition) is 0. The van der Waals surface area contributed by atoms with E-state index in [-0.39, 0.29) is 0 Å². The summed E-state index contributed by atoms with van der Waals surface area (Å²) in [5.41, 5.74) is 0. The van der Waals surface area contributed by atoms with Gasteiger partial charge >= 0.3 is 0 Å². The van der Waals surface area contributed by atoms with Gasteiger partial charge in [-0.05, 0) is 18.8 Å². The molecule has 0 spiro atoms. The van der Waals surface area contributed by atoms with Crippen LogP contribution in [0.2, 0.25) is 0 Å². The molecule has 0 aliphatic heterocycles. The summed E-state index contributed by atoms with van der Waals surface area (Å²) >= 11 is 0. The quantitative estimate of drug-likeness (QED) is 0.346. The Morgan fingerprint density at radius 1 is 0.867 bits per heavy atom. The maximum Gasteiger partial charge on any atom is -0.0287 e. The van der Waals surface area contributed by atoms with Crippen LogP contribution in [0, 0.1) is 5.92 Å². The first-order chi connectivity index (χ1) is 7.27. The average Bonchev–Trinajstić information content (AvgIpc) is 2.20. The van der Waals surface area contributed by atoms with Crippen LogP contribution in [0.1, 0.15) is 65.7 Å². The molecule has 0 saturated heterocycles. The zero-order valence-corrected chi connectivity index (χ0v) is 10.8. The van der Waals surface area contributed by atoms with Crippen molar-refractivity contribution < 1.29 is 0 Å². The highest BCUT2D eigenvalue weighted by atomic mass is 13.9. The second-order valence-electron chi connectivity index (χ2n) is 4.61. The zero-order valence-electron chi connectivity index (χ0n) is 10.8. The van der Waals surface area contributed by atoms with Crippen molar-refractivity contribution in [2.45, 2.75) is 65.7 Å². The van der Waals surface area contributed by atoms with Crippen LogP contribution in [-0.2, 0) is 0 Å². The van der Waals surface area contributed by atoms with E-state index in [4.69, 9.17) is 0 Å². The molecule has 0 heterocycles. The summed E-state index contributed by atoms with van der Waals surface area (Å²) < 4.78 is 0. The fourth-order valence-electron chi connectivity index (χ4n) is 1.50. The van der Waals surface area contributed by atoms with Crippen molar-refractivity contribution in [3.05, 3.63) is 24.3 Å². The predicted octanol–water partition coefficient (Wildman–Crippen LogP) is 5.51. The van der Waals surface area contributed by atoms with Crippen molar-refractivity contribution in [3.8, 4) is 0 Å². The molecule has 0 saturated carbocycles. The molecule has 0 N–H and O–H groups in total. The average molecular weight is 208 g/mol. The van der Waals surface area contributed by atoms with E-state index in [1.807, 2.05) is 0 Å². The minimum Gasteiger partial charge on any atom is -0.0845 e. The SMILES string of the molecule is CCCCCCCCC=CC=CC(C)C. The lowest BCUT2D eigenvalue weighted by Gasteiger charge is -1.97. The molecule has 0 nitrogen and oxygen atoms in total. The third-order valence-electron chi connectivity index (χ3n) is 2.47. The van der Waals surface area contributed by atoms with Gasteiger partial charge in [-0.1, -0.05) is 77.2 Å². The molecule has 0 aromatic rings. The Morgan fingerprint density at radius 3 is 2.20 bits per heavy atom. The van der Waals surface area contributed by atoms with Gasteiger partial charge in [0.15, 0.2) is 0 Å². The Hall–Kier alpha value is -0.520. The van der Waals surface area contributed by atoms with E-state index in [9.17, 15) is 0 Å². The molecule has 0 aromatic carbocycles. The minimum atomic E-state index is 0.670. The van der Waals surface area contributed by atoms with Gasteiger partial charge in [-0.3, -0.25) is 0 Å². The maximum atomic E-state index is 2.29. The van der Waals surface area contributed by atoms with Crippen LogP contribution in [-0.4, -0.2) is 0 Å². The topological polar surface area (TPSA) is 0 Å². The largest absolute Gasteiger partial charge is 0.0845 e. The Balaban J connectivity index is 3.16. The van der Waals surface area contributed by atoms with Crippen molar-refractivity contribution in [2.24, 2.45) is 5.92 Å². The van der Waals surface area contributed by atoms with E-state index in [1.165, 1.54) is 44.9 Å². The van der Waals surface area contributed by atoms with E-state index in [1.54, 1.807) is 0 Å². The molecular weight excluding hydrogens is 180 g/mol. The molecule has 0 bridgehead atoms. The number of rotatable bonds is 9. The first kappa shape index (κ1) is 14.5. The Bertz CT molecular complexity index is 163. The molecule has 88 valence electrons. The highest BCUT2D eigenvalue weighted by Crippen LogP contribution is 2.07. The van der Waals surface area contributed by atoms with Crippen molar-refractivity contribution in [3.63, 3.8) is 0 Å². The smallest absolute Gasteiger partial charge is 0.0287 e. The molecule has 0 rings (SSSR count). The fourth-order valence-corrected chi connectivity index (χ4v) is 1.50. The van der Waals surface area contributed by atoms with Crippen LogP contribution in [0.4, 0.5) is 0 Å². The Kier molecular flexibility index (Phi) is 11.2. The molecule has 0 unspecified atom stereocenters. The van der Waals surface area contributed by atoms with E-state index in [2.05, 4.69) is 45.1 Å². The molecule has 0 heteroatoms. The number of hydrogen-bond acceptors (Lipinski definition) is 0. The van der Waals surface area contributed by atoms with Gasteiger partial charge in [-0.25, -0.2) is 0 Å². The molecule has 0 aromatic heterocycles. The van der Waals surface area contributed by atoms with Gasteiger partial charge in [0.2, 0.25) is 0 Å². The van der Waals surface area contributed by atoms with Crippen molar-refractivity contribution >= 4 is 0 Å². The first-order valence-electron chi connectivity index (χ1n) is 6.60. The van der Waals surface area contributed by atoms with Gasteiger partial charge in [-0.2, -0.15) is 0 Å². The van der Waals surface area contributed by atoms with Crippen LogP contribution in [0.25, 0.3) is 0 Å². The molecule has 0 aliphatic carbocycles. The highest BCUT2D eigenvalue weighted by Gasteiger charge is 1.87. The van der Waals surface area contributed by atoms with Crippen LogP contribution < -0.4 is 0 Å². The standard InChI is InChI=1S/C15H28/c1-4-5-6-7-8-9-10-11-12-13-14-15(2)3/h11-15H,4-10H2,1-3H3. The predicted molar refractivity (Wildman–Crippen MR) is 71.1 cm³/mol. The van der Waals surface area contributed by atoms with Crippen LogP contribution in [0.5, 0.6) is 0 Å². The summed E-state index contributed by atoms with van der Waals surface area (Å²) in [7, 11) is 0. The lowest BCUT2D eigenvalue weighted by atomic mass is 10.1. The van der Waals surface area contributed by atoms with Crippen molar-refractivity contribution in [2.75, 3.05) is 0 Å². The molecule has 0 fully saturated rings. The maximum absolute atomic E-state index is 2.29. The summed E-state index contributed by atoms with van der Waals surface area (Å²) in [5, 5.41) is 0. The van der Waals surface area contributed by atoms with Gasteiger partial charge in [0.05, 0.1) is 0 Å². The van der Waals surface area contributed by atoms with Crippen molar-refractivity contribution in [1.29, 1.82) is 0 Å². The molecule has 0 aliphatic rings. The van der Waals surface area contributed by atoms with E-state index >= 15 is 0 Å². The van der Waals surface area contributed by atoms with E-state index < -0.39 is 0 Å². The Labute approximate surface area is 96.5 Å². The molecule has 0 atom stereocenters. The molecule has 0 amide bonds. The minimum absolute atomic E-state index is 0.670. The highest BCUT2D eigenvalue weighted by molar-refractivity contribution is 5.03. The summed E-state index contributed by atoms with van der Waals surface area (Å²) in [4.78, 5) is 0. The normalized spacial score (nSPS) is 12.3.